The van der Waals surface area contributed by atoms with Crippen molar-refractivity contribution >= 4 is 41.4 Å². The third-order valence-corrected chi connectivity index (χ3v) is 0.648. The van der Waals surface area contributed by atoms with E-state index in [2.05, 4.69) is 0 Å². The van der Waals surface area contributed by atoms with Crippen LogP contribution in [0.15, 0.2) is 0 Å². The summed E-state index contributed by atoms with van der Waals surface area (Å²) in [6, 6.07) is 0. The van der Waals surface area contributed by atoms with Gasteiger partial charge in [-0.1, -0.05) is 0 Å². The van der Waals surface area contributed by atoms with E-state index in [0.29, 0.717) is 0 Å². The topological polar surface area (TPSA) is 71.4 Å². The molecule has 0 aromatic carbocycles. The van der Waals surface area contributed by atoms with E-state index < -0.39 is 24.0 Å². The van der Waals surface area contributed by atoms with Crippen molar-refractivity contribution in [1.82, 2.24) is 0 Å². The van der Waals surface area contributed by atoms with Crippen molar-refractivity contribution in [3.63, 3.8) is 0 Å². The minimum absolute atomic E-state index is 0. The molecule has 0 unspecified atom stereocenters. The molecule has 2 radical (unpaired) electrons. The van der Waals surface area contributed by atoms with Crippen LogP contribution < -0.4 is 0 Å². The summed E-state index contributed by atoms with van der Waals surface area (Å²) in [5, 5.41) is 7.93. The molecule has 0 aliphatic carbocycles. The van der Waals surface area contributed by atoms with Crippen molar-refractivity contribution in [1.29, 1.82) is 0 Å². The van der Waals surface area contributed by atoms with Gasteiger partial charge in [-0.3, -0.25) is 9.59 Å². The SMILES string of the molecule is CC(=O)CC(=O)C(=O)O.[SnH2]. The Morgan fingerprint density at radius 1 is 1.30 bits per heavy atom. The number of carboxylic acids is 1. The number of rotatable bonds is 3. The standard InChI is InChI=1S/C5H6O4.Sn.2H/c1-3(6)2-4(7)5(8)9;;;/h2H2,1H3,(H,8,9);;;. The fourth-order valence-electron chi connectivity index (χ4n) is 0.302. The average Bonchev–Trinajstić information content (AvgIpc) is 1.63. The van der Waals surface area contributed by atoms with Crippen LogP contribution in [0.1, 0.15) is 13.3 Å². The average molecular weight is 251 g/mol. The van der Waals surface area contributed by atoms with E-state index in [4.69, 9.17) is 5.11 Å². The van der Waals surface area contributed by atoms with Crippen LogP contribution in [0.4, 0.5) is 0 Å². The Bertz CT molecular complexity index is 163. The first-order valence-electron chi connectivity index (χ1n) is 2.29. The molecular formula is C5H8O4Sn. The summed E-state index contributed by atoms with van der Waals surface area (Å²) < 4.78 is 0. The molecule has 10 heavy (non-hydrogen) atoms. The summed E-state index contributed by atoms with van der Waals surface area (Å²) >= 11 is 0. The summed E-state index contributed by atoms with van der Waals surface area (Å²) in [4.78, 5) is 29.9. The van der Waals surface area contributed by atoms with E-state index in [1.54, 1.807) is 0 Å². The molecule has 0 fully saturated rings. The van der Waals surface area contributed by atoms with Crippen LogP contribution >= 0.6 is 0 Å². The molecule has 0 aromatic heterocycles. The molecule has 56 valence electrons. The zero-order valence-electron chi connectivity index (χ0n) is 5.59. The van der Waals surface area contributed by atoms with Gasteiger partial charge in [-0.25, -0.2) is 4.79 Å². The van der Waals surface area contributed by atoms with E-state index in [0.717, 1.165) is 0 Å². The van der Waals surface area contributed by atoms with Crippen molar-refractivity contribution in [3.05, 3.63) is 0 Å². The number of ketones is 2. The van der Waals surface area contributed by atoms with Crippen LogP contribution in [0.5, 0.6) is 0 Å². The second-order valence-corrected chi connectivity index (χ2v) is 1.61. The van der Waals surface area contributed by atoms with Gasteiger partial charge in [-0.15, -0.1) is 0 Å². The van der Waals surface area contributed by atoms with Gasteiger partial charge in [0.2, 0.25) is 5.78 Å². The molecule has 0 aliphatic rings. The van der Waals surface area contributed by atoms with Gasteiger partial charge < -0.3 is 5.11 Å². The first-order chi connectivity index (χ1) is 4.04. The van der Waals surface area contributed by atoms with Gasteiger partial charge in [-0.2, -0.15) is 0 Å². The van der Waals surface area contributed by atoms with Crippen molar-refractivity contribution in [2.75, 3.05) is 0 Å². The Balaban J connectivity index is 0. The summed E-state index contributed by atoms with van der Waals surface area (Å²) in [7, 11) is 0. The molecule has 0 spiro atoms. The number of carbonyl (C=O) groups is 3. The number of aliphatic carboxylic acids is 1. The molecular weight excluding hydrogens is 243 g/mol. The third-order valence-electron chi connectivity index (χ3n) is 0.648. The van der Waals surface area contributed by atoms with Gasteiger partial charge in [0.15, 0.2) is 0 Å². The van der Waals surface area contributed by atoms with Crippen molar-refractivity contribution < 1.29 is 19.5 Å². The van der Waals surface area contributed by atoms with E-state index in [9.17, 15) is 14.4 Å². The molecule has 0 aliphatic heterocycles. The molecule has 5 heteroatoms. The molecule has 1 N–H and O–H groups in total. The summed E-state index contributed by atoms with van der Waals surface area (Å²) in [6.07, 6.45) is -0.505. The normalized spacial score (nSPS) is 7.70. The Morgan fingerprint density at radius 3 is 1.80 bits per heavy atom. The van der Waals surface area contributed by atoms with E-state index in [-0.39, 0.29) is 23.9 Å². The third kappa shape index (κ3) is 5.74. The van der Waals surface area contributed by atoms with E-state index in [1.807, 2.05) is 0 Å². The molecule has 0 heterocycles. The number of Topliss-reactive ketones (excluding diaryl/α,β-unsaturated/α-hetero) is 2. The van der Waals surface area contributed by atoms with Crippen molar-refractivity contribution in [2.45, 2.75) is 13.3 Å². The van der Waals surface area contributed by atoms with Gasteiger partial charge in [0.25, 0.3) is 0 Å². The maximum absolute atomic E-state index is 10.1. The Morgan fingerprint density at radius 2 is 1.70 bits per heavy atom. The van der Waals surface area contributed by atoms with Crippen LogP contribution in [0.25, 0.3) is 0 Å². The molecule has 0 saturated heterocycles. The van der Waals surface area contributed by atoms with Crippen molar-refractivity contribution in [2.24, 2.45) is 0 Å². The minimum atomic E-state index is -1.55. The fraction of sp³-hybridized carbons (Fsp3) is 0.400. The maximum atomic E-state index is 10.1. The summed E-state index contributed by atoms with van der Waals surface area (Å²) in [6.45, 7) is 1.17. The molecule has 0 rings (SSSR count). The summed E-state index contributed by atoms with van der Waals surface area (Å²) in [5.74, 6) is -3.03. The molecule has 0 atom stereocenters. The number of carbonyl (C=O) groups excluding carboxylic acids is 2. The molecule has 0 bridgehead atoms. The Hall–Kier alpha value is -0.391. The monoisotopic (exact) mass is 252 g/mol. The Kier molecular flexibility index (Phi) is 6.64. The number of hydrogen-bond acceptors (Lipinski definition) is 3. The van der Waals surface area contributed by atoms with Crippen LogP contribution in [-0.2, 0) is 14.4 Å². The quantitative estimate of drug-likeness (QED) is 0.384. The first kappa shape index (κ1) is 12.3. The van der Waals surface area contributed by atoms with Gasteiger partial charge in [-0.05, 0) is 6.92 Å². The Labute approximate surface area is 74.6 Å². The van der Waals surface area contributed by atoms with Crippen LogP contribution in [-0.4, -0.2) is 46.5 Å². The second kappa shape index (κ2) is 5.40. The van der Waals surface area contributed by atoms with Crippen LogP contribution in [0.3, 0.4) is 0 Å². The molecule has 0 amide bonds. The molecule has 0 saturated carbocycles. The van der Waals surface area contributed by atoms with Crippen LogP contribution in [0.2, 0.25) is 0 Å². The molecule has 0 aromatic rings. The summed E-state index contributed by atoms with van der Waals surface area (Å²) in [5.41, 5.74) is 0. The molecule has 4 nitrogen and oxygen atoms in total. The van der Waals surface area contributed by atoms with Gasteiger partial charge >= 0.3 is 29.9 Å². The van der Waals surface area contributed by atoms with E-state index >= 15 is 0 Å². The number of hydrogen-bond donors (Lipinski definition) is 1. The van der Waals surface area contributed by atoms with Gasteiger partial charge in [0.05, 0.1) is 6.42 Å². The first-order valence-corrected chi connectivity index (χ1v) is 2.29. The zero-order valence-corrected chi connectivity index (χ0v) is 9.62. The van der Waals surface area contributed by atoms with Gasteiger partial charge in [0.1, 0.15) is 5.78 Å². The number of carboxylic acid groups (broad SMARTS) is 1. The predicted octanol–water partition coefficient (Wildman–Crippen LogP) is -1.30. The predicted molar refractivity (Wildman–Crippen MR) is 36.5 cm³/mol. The van der Waals surface area contributed by atoms with E-state index in [1.165, 1.54) is 6.92 Å². The van der Waals surface area contributed by atoms with Crippen LogP contribution in [0, 0.1) is 0 Å². The van der Waals surface area contributed by atoms with Crippen molar-refractivity contribution in [3.8, 4) is 0 Å². The second-order valence-electron chi connectivity index (χ2n) is 1.61. The van der Waals surface area contributed by atoms with Gasteiger partial charge in [0, 0.05) is 0 Å². The fourth-order valence-corrected chi connectivity index (χ4v) is 0.302. The zero-order chi connectivity index (χ0) is 7.44.